The summed E-state index contributed by atoms with van der Waals surface area (Å²) in [5.41, 5.74) is 0.795. The van der Waals surface area contributed by atoms with Crippen LogP contribution in [-0.2, 0) is 33.3 Å². The first-order valence-electron chi connectivity index (χ1n) is 6.16. The maximum absolute atomic E-state index is 10.6. The Morgan fingerprint density at radius 1 is 0.826 bits per heavy atom. The van der Waals surface area contributed by atoms with Crippen LogP contribution in [0.15, 0.2) is 49.5 Å². The second-order valence-corrected chi connectivity index (χ2v) is 3.69. The third-order valence-electron chi connectivity index (χ3n) is 1.62. The topological polar surface area (TPSA) is 88.1 Å². The van der Waals surface area contributed by atoms with E-state index in [1.807, 2.05) is 0 Å². The Kier molecular flexibility index (Phi) is 18.8. The lowest BCUT2D eigenvalue weighted by Gasteiger charge is -1.94. The molecule has 0 heterocycles. The van der Waals surface area contributed by atoms with Gasteiger partial charge in [-0.05, 0) is 13.8 Å². The average Bonchev–Trinajstić information content (AvgIpc) is 2.54. The molecule has 0 fully saturated rings. The van der Waals surface area contributed by atoms with Gasteiger partial charge in [0.15, 0.2) is 0 Å². The molecular formula is C16H24O7. The molecule has 0 spiro atoms. The van der Waals surface area contributed by atoms with Crippen LogP contribution in [0.2, 0.25) is 0 Å². The molecule has 0 atom stereocenters. The minimum absolute atomic E-state index is 0.347. The van der Waals surface area contributed by atoms with Gasteiger partial charge in [0.1, 0.15) is 12.5 Å². The Morgan fingerprint density at radius 3 is 1.48 bits per heavy atom. The molecule has 0 aliphatic heterocycles. The summed E-state index contributed by atoms with van der Waals surface area (Å²) in [6.45, 7) is 13.1. The van der Waals surface area contributed by atoms with Gasteiger partial charge in [0, 0.05) is 17.2 Å². The molecule has 23 heavy (non-hydrogen) atoms. The van der Waals surface area contributed by atoms with Gasteiger partial charge < -0.3 is 18.9 Å². The van der Waals surface area contributed by atoms with Crippen molar-refractivity contribution in [2.75, 3.05) is 21.3 Å². The molecular weight excluding hydrogens is 304 g/mol. The Morgan fingerprint density at radius 2 is 1.30 bits per heavy atom. The van der Waals surface area contributed by atoms with E-state index < -0.39 is 11.9 Å². The summed E-state index contributed by atoms with van der Waals surface area (Å²) in [5, 5.41) is 0. The SMILES string of the molecule is C=C(C)C(=O)O/C=C\OC.C=C(C)C(=O)OC.C=CC(=O)OC. The molecule has 7 nitrogen and oxygen atoms in total. The standard InChI is InChI=1S/C7H10O3.C5H8O2.C4H6O2/c1-6(2)7(8)10-5-4-9-3;1-4(2)5(6)7-3;1-3-4(5)6-2/h4-5H,1H2,2-3H3;1H2,2-3H3;3H,1H2,2H3/b5-4-;;. The number of carbonyl (C=O) groups is 3. The van der Waals surface area contributed by atoms with E-state index in [0.717, 1.165) is 12.3 Å². The van der Waals surface area contributed by atoms with Crippen molar-refractivity contribution < 1.29 is 33.3 Å². The minimum atomic E-state index is -0.451. The molecule has 0 N–H and O–H groups in total. The predicted molar refractivity (Wildman–Crippen MR) is 86.1 cm³/mol. The summed E-state index contributed by atoms with van der Waals surface area (Å²) in [4.78, 5) is 30.6. The highest BCUT2D eigenvalue weighted by atomic mass is 16.5. The maximum atomic E-state index is 10.6. The highest BCUT2D eigenvalue weighted by Crippen LogP contribution is 1.91. The number of hydrogen-bond donors (Lipinski definition) is 0. The second-order valence-electron chi connectivity index (χ2n) is 3.69. The van der Waals surface area contributed by atoms with Gasteiger partial charge in [-0.15, -0.1) is 0 Å². The van der Waals surface area contributed by atoms with E-state index in [-0.39, 0.29) is 5.97 Å². The van der Waals surface area contributed by atoms with Gasteiger partial charge >= 0.3 is 17.9 Å². The summed E-state index contributed by atoms with van der Waals surface area (Å²) >= 11 is 0. The van der Waals surface area contributed by atoms with Gasteiger partial charge in [-0.25, -0.2) is 14.4 Å². The van der Waals surface area contributed by atoms with Crippen molar-refractivity contribution in [3.05, 3.63) is 49.5 Å². The zero-order valence-corrected chi connectivity index (χ0v) is 14.2. The van der Waals surface area contributed by atoms with Gasteiger partial charge in [-0.2, -0.15) is 0 Å². The van der Waals surface area contributed by atoms with E-state index in [0.29, 0.717) is 11.1 Å². The van der Waals surface area contributed by atoms with Crippen LogP contribution in [0.5, 0.6) is 0 Å². The first-order chi connectivity index (χ1) is 10.7. The van der Waals surface area contributed by atoms with Crippen molar-refractivity contribution in [2.45, 2.75) is 13.8 Å². The van der Waals surface area contributed by atoms with Gasteiger partial charge in [0.25, 0.3) is 0 Å². The van der Waals surface area contributed by atoms with E-state index in [4.69, 9.17) is 0 Å². The maximum Gasteiger partial charge on any atom is 0.338 e. The first-order valence-corrected chi connectivity index (χ1v) is 6.16. The van der Waals surface area contributed by atoms with Crippen LogP contribution in [0.1, 0.15) is 13.8 Å². The van der Waals surface area contributed by atoms with Crippen molar-refractivity contribution in [1.29, 1.82) is 0 Å². The fraction of sp³-hybridized carbons (Fsp3) is 0.312. The molecule has 0 bridgehead atoms. The van der Waals surface area contributed by atoms with Gasteiger partial charge in [0.05, 0.1) is 21.3 Å². The molecule has 0 amide bonds. The molecule has 0 saturated heterocycles. The molecule has 0 unspecified atom stereocenters. The third-order valence-corrected chi connectivity index (χ3v) is 1.62. The average molecular weight is 328 g/mol. The quantitative estimate of drug-likeness (QED) is 0.331. The predicted octanol–water partition coefficient (Wildman–Crippen LogP) is 2.30. The number of ether oxygens (including phenoxy) is 4. The van der Waals surface area contributed by atoms with E-state index in [2.05, 4.69) is 38.7 Å². The number of carbonyl (C=O) groups excluding carboxylic acids is 3. The number of hydrogen-bond acceptors (Lipinski definition) is 7. The number of methoxy groups -OCH3 is 3. The molecule has 0 aliphatic carbocycles. The van der Waals surface area contributed by atoms with Crippen LogP contribution in [0.4, 0.5) is 0 Å². The van der Waals surface area contributed by atoms with Crippen LogP contribution in [-0.4, -0.2) is 39.2 Å². The zero-order valence-electron chi connectivity index (χ0n) is 14.2. The Labute approximate surface area is 136 Å². The molecule has 0 radical (unpaired) electrons. The lowest BCUT2D eigenvalue weighted by Crippen LogP contribution is -1.98. The largest absolute Gasteiger partial charge is 0.501 e. The molecule has 130 valence electrons. The lowest BCUT2D eigenvalue weighted by molar-refractivity contribution is -0.136. The Hall–Kier alpha value is -2.83. The molecule has 0 aromatic carbocycles. The van der Waals surface area contributed by atoms with E-state index in [9.17, 15) is 14.4 Å². The number of rotatable bonds is 5. The monoisotopic (exact) mass is 328 g/mol. The van der Waals surface area contributed by atoms with Gasteiger partial charge in [0.2, 0.25) is 0 Å². The van der Waals surface area contributed by atoms with E-state index in [1.165, 1.54) is 27.6 Å². The molecule has 0 aromatic heterocycles. The molecule has 0 rings (SSSR count). The van der Waals surface area contributed by atoms with Crippen molar-refractivity contribution in [3.63, 3.8) is 0 Å². The van der Waals surface area contributed by atoms with Crippen LogP contribution >= 0.6 is 0 Å². The summed E-state index contributed by atoms with van der Waals surface area (Å²) < 4.78 is 17.4. The van der Waals surface area contributed by atoms with Crippen molar-refractivity contribution in [1.82, 2.24) is 0 Å². The molecule has 7 heteroatoms. The lowest BCUT2D eigenvalue weighted by atomic mass is 10.4. The molecule has 0 aliphatic rings. The van der Waals surface area contributed by atoms with Crippen molar-refractivity contribution in [3.8, 4) is 0 Å². The van der Waals surface area contributed by atoms with Crippen molar-refractivity contribution in [2.24, 2.45) is 0 Å². The summed E-state index contributed by atoms with van der Waals surface area (Å²) in [5.74, 6) is -1.19. The zero-order chi connectivity index (χ0) is 18.8. The Balaban J connectivity index is -0.000000272. The van der Waals surface area contributed by atoms with Crippen LogP contribution in [0, 0.1) is 0 Å². The summed E-state index contributed by atoms with van der Waals surface area (Å²) in [7, 11) is 4.10. The highest BCUT2D eigenvalue weighted by molar-refractivity contribution is 5.87. The molecule has 0 aromatic rings. The summed E-state index contributed by atoms with van der Waals surface area (Å²) in [6.07, 6.45) is 3.54. The highest BCUT2D eigenvalue weighted by Gasteiger charge is 1.98. The smallest absolute Gasteiger partial charge is 0.338 e. The summed E-state index contributed by atoms with van der Waals surface area (Å²) in [6, 6.07) is 0. The molecule has 0 saturated carbocycles. The van der Waals surface area contributed by atoms with Crippen LogP contribution in [0.25, 0.3) is 0 Å². The minimum Gasteiger partial charge on any atom is -0.501 e. The fourth-order valence-electron chi connectivity index (χ4n) is 0.503. The van der Waals surface area contributed by atoms with Gasteiger partial charge in [-0.1, -0.05) is 19.7 Å². The van der Waals surface area contributed by atoms with Crippen molar-refractivity contribution >= 4 is 17.9 Å². The van der Waals surface area contributed by atoms with Crippen LogP contribution in [0.3, 0.4) is 0 Å². The fourth-order valence-corrected chi connectivity index (χ4v) is 0.503. The van der Waals surface area contributed by atoms with Gasteiger partial charge in [-0.3, -0.25) is 0 Å². The van der Waals surface area contributed by atoms with E-state index >= 15 is 0 Å². The van der Waals surface area contributed by atoms with E-state index in [1.54, 1.807) is 13.8 Å². The first kappa shape index (κ1) is 25.1. The Bertz CT molecular complexity index is 447. The normalized spacial score (nSPS) is 8.22. The number of esters is 3. The third kappa shape index (κ3) is 21.6. The van der Waals surface area contributed by atoms with Crippen LogP contribution < -0.4 is 0 Å². The second kappa shape index (κ2) is 17.2.